The summed E-state index contributed by atoms with van der Waals surface area (Å²) in [6.45, 7) is 11.9. The van der Waals surface area contributed by atoms with Crippen molar-refractivity contribution in [2.24, 2.45) is 10.1 Å². The van der Waals surface area contributed by atoms with Crippen molar-refractivity contribution in [1.29, 1.82) is 0 Å². The van der Waals surface area contributed by atoms with Crippen LogP contribution >= 0.6 is 11.3 Å². The second-order valence-corrected chi connectivity index (χ2v) is 9.01. The molecule has 0 radical (unpaired) electrons. The molecule has 6 heteroatoms. The van der Waals surface area contributed by atoms with Crippen LogP contribution in [0.15, 0.2) is 57.9 Å². The lowest BCUT2D eigenvalue weighted by atomic mass is 10.1. The molecule has 0 N–H and O–H groups in total. The predicted octanol–water partition coefficient (Wildman–Crippen LogP) is 4.86. The summed E-state index contributed by atoms with van der Waals surface area (Å²) in [6, 6.07) is 15.3. The van der Waals surface area contributed by atoms with Crippen LogP contribution in [0, 0.1) is 13.8 Å². The van der Waals surface area contributed by atoms with E-state index in [0.29, 0.717) is 0 Å². The van der Waals surface area contributed by atoms with E-state index in [4.69, 9.17) is 14.8 Å². The minimum atomic E-state index is 0.209. The van der Waals surface area contributed by atoms with Gasteiger partial charge in [-0.15, -0.1) is 11.3 Å². The van der Waals surface area contributed by atoms with Crippen LogP contribution in [0.5, 0.6) is 0 Å². The highest BCUT2D eigenvalue weighted by atomic mass is 32.1. The van der Waals surface area contributed by atoms with Gasteiger partial charge in [0.15, 0.2) is 0 Å². The molecule has 0 saturated carbocycles. The van der Waals surface area contributed by atoms with Crippen molar-refractivity contribution in [3.63, 3.8) is 0 Å². The van der Waals surface area contributed by atoms with Crippen molar-refractivity contribution in [2.75, 3.05) is 31.2 Å². The molecule has 1 aliphatic rings. The number of nitrogens with zero attached hydrogens (tertiary/aromatic N) is 4. The van der Waals surface area contributed by atoms with Crippen LogP contribution in [0.25, 0.3) is 11.3 Å². The van der Waals surface area contributed by atoms with Crippen LogP contribution in [0.1, 0.15) is 30.5 Å². The molecule has 162 valence electrons. The number of thiazole rings is 1. The van der Waals surface area contributed by atoms with Crippen molar-refractivity contribution < 1.29 is 4.74 Å². The molecule has 4 rings (SSSR count). The van der Waals surface area contributed by atoms with Gasteiger partial charge in [0, 0.05) is 35.8 Å². The zero-order valence-corrected chi connectivity index (χ0v) is 19.5. The number of benzene rings is 2. The Labute approximate surface area is 188 Å². The van der Waals surface area contributed by atoms with Crippen LogP contribution in [0.4, 0.5) is 5.69 Å². The van der Waals surface area contributed by atoms with Gasteiger partial charge in [-0.3, -0.25) is 4.99 Å². The molecular weight excluding hydrogens is 404 g/mol. The SMILES string of the molecule is Cc1ccc(-c2csc(=NC(C)C)n2N=Cc2ccc(N3CCOCC3)cc2)cc1C. The third-order valence-corrected chi connectivity index (χ3v) is 6.28. The van der Waals surface area contributed by atoms with Gasteiger partial charge in [-0.2, -0.15) is 5.10 Å². The largest absolute Gasteiger partial charge is 0.378 e. The molecule has 31 heavy (non-hydrogen) atoms. The smallest absolute Gasteiger partial charge is 0.206 e. The Morgan fingerprint density at radius 2 is 1.74 bits per heavy atom. The number of morpholine rings is 1. The normalized spacial score (nSPS) is 15.4. The molecule has 1 aliphatic heterocycles. The van der Waals surface area contributed by atoms with Crippen LogP contribution in [-0.4, -0.2) is 43.2 Å². The number of aromatic nitrogens is 1. The lowest BCUT2D eigenvalue weighted by molar-refractivity contribution is 0.122. The maximum absolute atomic E-state index is 5.45. The minimum Gasteiger partial charge on any atom is -0.378 e. The topological polar surface area (TPSA) is 42.1 Å². The van der Waals surface area contributed by atoms with Gasteiger partial charge < -0.3 is 9.64 Å². The number of rotatable bonds is 5. The van der Waals surface area contributed by atoms with Gasteiger partial charge in [0.05, 0.1) is 25.1 Å². The highest BCUT2D eigenvalue weighted by molar-refractivity contribution is 7.07. The number of hydrogen-bond donors (Lipinski definition) is 0. The van der Waals surface area contributed by atoms with Crippen molar-refractivity contribution in [3.8, 4) is 11.3 Å². The molecule has 0 bridgehead atoms. The number of ether oxygens (including phenoxy) is 1. The van der Waals surface area contributed by atoms with Gasteiger partial charge >= 0.3 is 0 Å². The first-order chi connectivity index (χ1) is 15.0. The summed E-state index contributed by atoms with van der Waals surface area (Å²) in [5.74, 6) is 0. The fourth-order valence-corrected chi connectivity index (χ4v) is 4.51. The Morgan fingerprint density at radius 1 is 1.00 bits per heavy atom. The summed E-state index contributed by atoms with van der Waals surface area (Å²) in [7, 11) is 0. The van der Waals surface area contributed by atoms with Gasteiger partial charge in [-0.25, -0.2) is 4.68 Å². The van der Waals surface area contributed by atoms with E-state index in [9.17, 15) is 0 Å². The molecule has 5 nitrogen and oxygen atoms in total. The summed E-state index contributed by atoms with van der Waals surface area (Å²) in [4.78, 5) is 8.05. The van der Waals surface area contributed by atoms with Crippen molar-refractivity contribution >= 4 is 23.2 Å². The Kier molecular flexibility index (Phi) is 6.68. The molecule has 2 aromatic carbocycles. The monoisotopic (exact) mass is 434 g/mol. The molecule has 3 aromatic rings. The summed E-state index contributed by atoms with van der Waals surface area (Å²) < 4.78 is 7.41. The van der Waals surface area contributed by atoms with Crippen LogP contribution < -0.4 is 9.70 Å². The minimum absolute atomic E-state index is 0.209. The second kappa shape index (κ2) is 9.62. The van der Waals surface area contributed by atoms with E-state index in [2.05, 4.69) is 80.4 Å². The molecular formula is C25H30N4OS. The quantitative estimate of drug-likeness (QED) is 0.538. The molecule has 2 heterocycles. The average Bonchev–Trinajstić information content (AvgIpc) is 3.17. The number of aryl methyl sites for hydroxylation is 2. The summed E-state index contributed by atoms with van der Waals surface area (Å²) in [6.07, 6.45) is 1.92. The Morgan fingerprint density at radius 3 is 2.42 bits per heavy atom. The zero-order chi connectivity index (χ0) is 21.8. The maximum Gasteiger partial charge on any atom is 0.206 e. The van der Waals surface area contributed by atoms with Crippen molar-refractivity contribution in [2.45, 2.75) is 33.7 Å². The molecule has 1 saturated heterocycles. The fourth-order valence-electron chi connectivity index (χ4n) is 3.54. The van der Waals surface area contributed by atoms with E-state index < -0.39 is 0 Å². The van der Waals surface area contributed by atoms with Gasteiger partial charge in [0.2, 0.25) is 4.80 Å². The molecule has 1 aromatic heterocycles. The van der Waals surface area contributed by atoms with E-state index in [-0.39, 0.29) is 6.04 Å². The summed E-state index contributed by atoms with van der Waals surface area (Å²) >= 11 is 1.63. The first kappa shape index (κ1) is 21.5. The zero-order valence-electron chi connectivity index (χ0n) is 18.7. The molecule has 1 fully saturated rings. The fraction of sp³-hybridized carbons (Fsp3) is 0.360. The summed E-state index contributed by atoms with van der Waals surface area (Å²) in [5, 5.41) is 6.98. The lowest BCUT2D eigenvalue weighted by Crippen LogP contribution is -2.36. The Balaban J connectivity index is 1.65. The standard InChI is InChI=1S/C25H30N4OS/c1-18(2)27-25-29(24(17-31-25)22-8-5-19(3)20(4)15-22)26-16-21-6-9-23(10-7-21)28-11-13-30-14-12-28/h5-10,15-18H,11-14H2,1-4H3. The average molecular weight is 435 g/mol. The lowest BCUT2D eigenvalue weighted by Gasteiger charge is -2.28. The first-order valence-corrected chi connectivity index (χ1v) is 11.7. The van der Waals surface area contributed by atoms with E-state index in [1.807, 2.05) is 10.9 Å². The molecule has 0 spiro atoms. The predicted molar refractivity (Wildman–Crippen MR) is 130 cm³/mol. The Hall–Kier alpha value is -2.70. The van der Waals surface area contributed by atoms with E-state index in [1.54, 1.807) is 11.3 Å². The summed E-state index contributed by atoms with van der Waals surface area (Å²) in [5.41, 5.74) is 7.09. The van der Waals surface area contributed by atoms with Crippen molar-refractivity contribution in [1.82, 2.24) is 4.68 Å². The second-order valence-electron chi connectivity index (χ2n) is 8.17. The van der Waals surface area contributed by atoms with Crippen LogP contribution in [-0.2, 0) is 4.74 Å². The third-order valence-electron chi connectivity index (χ3n) is 5.45. The van der Waals surface area contributed by atoms with E-state index in [0.717, 1.165) is 47.9 Å². The molecule has 0 amide bonds. The number of anilines is 1. The molecule has 0 aliphatic carbocycles. The van der Waals surface area contributed by atoms with Gasteiger partial charge in [-0.1, -0.05) is 24.3 Å². The highest BCUT2D eigenvalue weighted by Crippen LogP contribution is 2.23. The Bertz CT molecular complexity index is 1120. The third kappa shape index (κ3) is 5.14. The molecule has 0 atom stereocenters. The highest BCUT2D eigenvalue weighted by Gasteiger charge is 2.11. The van der Waals surface area contributed by atoms with E-state index >= 15 is 0 Å². The van der Waals surface area contributed by atoms with Gasteiger partial charge in [0.1, 0.15) is 0 Å². The van der Waals surface area contributed by atoms with Crippen molar-refractivity contribution in [3.05, 3.63) is 69.3 Å². The number of hydrogen-bond acceptors (Lipinski definition) is 5. The maximum atomic E-state index is 5.45. The van der Waals surface area contributed by atoms with Crippen LogP contribution in [0.2, 0.25) is 0 Å². The van der Waals surface area contributed by atoms with Gasteiger partial charge in [-0.05, 0) is 62.6 Å². The van der Waals surface area contributed by atoms with Crippen LogP contribution in [0.3, 0.4) is 0 Å². The first-order valence-electron chi connectivity index (χ1n) is 10.8. The van der Waals surface area contributed by atoms with Gasteiger partial charge in [0.25, 0.3) is 0 Å². The molecule has 0 unspecified atom stereocenters. The van der Waals surface area contributed by atoms with E-state index in [1.165, 1.54) is 16.8 Å².